The van der Waals surface area contributed by atoms with Crippen molar-refractivity contribution >= 4 is 17.5 Å². The summed E-state index contributed by atoms with van der Waals surface area (Å²) in [6.45, 7) is 0. The number of benzene rings is 1. The first-order valence-electron chi connectivity index (χ1n) is 4.46. The van der Waals surface area contributed by atoms with E-state index in [-0.39, 0.29) is 23.3 Å². The molecule has 0 aliphatic heterocycles. The third kappa shape index (κ3) is 1.99. The van der Waals surface area contributed by atoms with E-state index in [0.717, 1.165) is 12.8 Å². The van der Waals surface area contributed by atoms with Gasteiger partial charge in [-0.15, -0.1) is 0 Å². The van der Waals surface area contributed by atoms with Crippen LogP contribution in [0.25, 0.3) is 0 Å². The van der Waals surface area contributed by atoms with E-state index in [1.807, 2.05) is 0 Å². The fourth-order valence-corrected chi connectivity index (χ4v) is 1.35. The first-order valence-corrected chi connectivity index (χ1v) is 4.84. The van der Waals surface area contributed by atoms with Gasteiger partial charge in [0, 0.05) is 11.1 Å². The van der Waals surface area contributed by atoms with E-state index in [2.05, 4.69) is 5.32 Å². The number of phenolic OH excluding ortho intramolecular Hbond substituents is 1. The summed E-state index contributed by atoms with van der Waals surface area (Å²) in [6, 6.07) is 4.76. The van der Waals surface area contributed by atoms with Crippen LogP contribution >= 0.6 is 11.6 Å². The van der Waals surface area contributed by atoms with Crippen molar-refractivity contribution in [1.29, 1.82) is 0 Å². The zero-order valence-electron chi connectivity index (χ0n) is 7.46. The van der Waals surface area contributed by atoms with Crippen LogP contribution in [0.1, 0.15) is 23.2 Å². The fourth-order valence-electron chi connectivity index (χ4n) is 1.19. The second-order valence-corrected chi connectivity index (χ2v) is 3.85. The molecule has 1 aliphatic carbocycles. The summed E-state index contributed by atoms with van der Waals surface area (Å²) in [5.74, 6) is -0.308. The Bertz CT molecular complexity index is 374. The number of nitrogens with one attached hydrogen (secondary N) is 1. The highest BCUT2D eigenvalue weighted by molar-refractivity contribution is 6.30. The number of carbonyl (C=O) groups is 1. The third-order valence-corrected chi connectivity index (χ3v) is 2.35. The molecule has 14 heavy (non-hydrogen) atoms. The van der Waals surface area contributed by atoms with Gasteiger partial charge < -0.3 is 10.4 Å². The van der Waals surface area contributed by atoms with Gasteiger partial charge in [-0.3, -0.25) is 4.79 Å². The van der Waals surface area contributed by atoms with Gasteiger partial charge in [-0.05, 0) is 31.0 Å². The maximum atomic E-state index is 11.5. The number of carbonyl (C=O) groups excluding carboxylic acids is 1. The van der Waals surface area contributed by atoms with Crippen LogP contribution in [-0.4, -0.2) is 17.1 Å². The van der Waals surface area contributed by atoms with E-state index < -0.39 is 0 Å². The van der Waals surface area contributed by atoms with Crippen molar-refractivity contribution in [2.75, 3.05) is 0 Å². The van der Waals surface area contributed by atoms with Crippen LogP contribution in [0.2, 0.25) is 5.02 Å². The first kappa shape index (κ1) is 9.34. The summed E-state index contributed by atoms with van der Waals surface area (Å²) < 4.78 is 0. The Balaban J connectivity index is 2.17. The maximum Gasteiger partial charge on any atom is 0.255 e. The van der Waals surface area contributed by atoms with E-state index in [1.54, 1.807) is 6.07 Å². The van der Waals surface area contributed by atoms with Gasteiger partial charge in [0.25, 0.3) is 5.91 Å². The molecule has 3 nitrogen and oxygen atoms in total. The lowest BCUT2D eigenvalue weighted by Crippen LogP contribution is -2.25. The Morgan fingerprint density at radius 3 is 2.79 bits per heavy atom. The maximum absolute atomic E-state index is 11.5. The molecular formula is C10H10ClNO2. The first-order chi connectivity index (χ1) is 6.66. The molecule has 0 aromatic heterocycles. The summed E-state index contributed by atoms with van der Waals surface area (Å²) in [4.78, 5) is 11.5. The average Bonchev–Trinajstić information content (AvgIpc) is 2.87. The summed E-state index contributed by atoms with van der Waals surface area (Å²) in [7, 11) is 0. The van der Waals surface area contributed by atoms with Gasteiger partial charge in [0.05, 0.1) is 5.56 Å². The van der Waals surface area contributed by atoms with Crippen LogP contribution in [0.15, 0.2) is 18.2 Å². The van der Waals surface area contributed by atoms with Crippen LogP contribution in [0.5, 0.6) is 5.75 Å². The molecule has 0 spiro atoms. The minimum Gasteiger partial charge on any atom is -0.507 e. The summed E-state index contributed by atoms with van der Waals surface area (Å²) in [5.41, 5.74) is 0.279. The smallest absolute Gasteiger partial charge is 0.255 e. The molecule has 1 aliphatic rings. The van der Waals surface area contributed by atoms with E-state index in [9.17, 15) is 9.90 Å². The van der Waals surface area contributed by atoms with Gasteiger partial charge in [-0.1, -0.05) is 11.6 Å². The Hall–Kier alpha value is -1.22. The molecule has 1 aromatic carbocycles. The largest absolute Gasteiger partial charge is 0.507 e. The Morgan fingerprint density at radius 2 is 2.21 bits per heavy atom. The van der Waals surface area contributed by atoms with E-state index in [1.165, 1.54) is 12.1 Å². The highest BCUT2D eigenvalue weighted by Gasteiger charge is 2.24. The highest BCUT2D eigenvalue weighted by atomic mass is 35.5. The van der Waals surface area contributed by atoms with E-state index in [0.29, 0.717) is 5.02 Å². The van der Waals surface area contributed by atoms with Crippen molar-refractivity contribution in [3.63, 3.8) is 0 Å². The van der Waals surface area contributed by atoms with Gasteiger partial charge in [-0.2, -0.15) is 0 Å². The molecule has 1 amide bonds. The molecule has 0 radical (unpaired) electrons. The quantitative estimate of drug-likeness (QED) is 0.786. The lowest BCUT2D eigenvalue weighted by atomic mass is 10.2. The van der Waals surface area contributed by atoms with Crippen LogP contribution in [0.4, 0.5) is 0 Å². The van der Waals surface area contributed by atoms with Gasteiger partial charge >= 0.3 is 0 Å². The predicted molar refractivity (Wildman–Crippen MR) is 53.6 cm³/mol. The van der Waals surface area contributed by atoms with Crippen LogP contribution in [-0.2, 0) is 0 Å². The zero-order valence-corrected chi connectivity index (χ0v) is 8.21. The molecule has 1 saturated carbocycles. The van der Waals surface area contributed by atoms with Gasteiger partial charge in [0.1, 0.15) is 5.75 Å². The molecule has 0 unspecified atom stereocenters. The molecule has 74 valence electrons. The molecular weight excluding hydrogens is 202 g/mol. The molecule has 1 aromatic rings. The van der Waals surface area contributed by atoms with Gasteiger partial charge in [-0.25, -0.2) is 0 Å². The molecule has 2 N–H and O–H groups in total. The normalized spacial score (nSPS) is 15.2. The lowest BCUT2D eigenvalue weighted by Gasteiger charge is -2.05. The van der Waals surface area contributed by atoms with Crippen molar-refractivity contribution in [2.45, 2.75) is 18.9 Å². The topological polar surface area (TPSA) is 49.3 Å². The number of amides is 1. The molecule has 0 bridgehead atoms. The van der Waals surface area contributed by atoms with E-state index >= 15 is 0 Å². The number of rotatable bonds is 2. The summed E-state index contributed by atoms with van der Waals surface area (Å²) in [5, 5.41) is 12.7. The predicted octanol–water partition coefficient (Wildman–Crippen LogP) is 1.94. The molecule has 0 atom stereocenters. The van der Waals surface area contributed by atoms with Crippen LogP contribution in [0.3, 0.4) is 0 Å². The number of phenols is 1. The number of hydrogen-bond acceptors (Lipinski definition) is 2. The Labute approximate surface area is 86.7 Å². The van der Waals surface area contributed by atoms with Crippen LogP contribution in [0, 0.1) is 0 Å². The minimum atomic E-state index is -0.235. The number of hydrogen-bond donors (Lipinski definition) is 2. The zero-order chi connectivity index (χ0) is 10.1. The van der Waals surface area contributed by atoms with E-state index in [4.69, 9.17) is 11.6 Å². The van der Waals surface area contributed by atoms with Crippen molar-refractivity contribution in [1.82, 2.24) is 5.32 Å². The monoisotopic (exact) mass is 211 g/mol. The Kier molecular flexibility index (Phi) is 2.33. The minimum absolute atomic E-state index is 0.0735. The molecule has 0 heterocycles. The van der Waals surface area contributed by atoms with Crippen molar-refractivity contribution in [3.8, 4) is 5.75 Å². The van der Waals surface area contributed by atoms with Crippen LogP contribution < -0.4 is 5.32 Å². The standard InChI is InChI=1S/C10H10ClNO2/c11-6-1-4-8(9(13)5-6)10(14)12-7-2-3-7/h1,4-5,7,13H,2-3H2,(H,12,14). The number of aromatic hydroxyl groups is 1. The highest BCUT2D eigenvalue weighted by Crippen LogP contribution is 2.24. The summed E-state index contributed by atoms with van der Waals surface area (Å²) >= 11 is 5.65. The second-order valence-electron chi connectivity index (χ2n) is 3.41. The molecule has 1 fully saturated rings. The Morgan fingerprint density at radius 1 is 1.50 bits per heavy atom. The number of halogens is 1. The second kappa shape index (κ2) is 3.50. The third-order valence-electron chi connectivity index (χ3n) is 2.12. The van der Waals surface area contributed by atoms with Crippen molar-refractivity contribution in [2.24, 2.45) is 0 Å². The molecule has 4 heteroatoms. The van der Waals surface area contributed by atoms with Crippen molar-refractivity contribution in [3.05, 3.63) is 28.8 Å². The average molecular weight is 212 g/mol. The summed E-state index contributed by atoms with van der Waals surface area (Å²) in [6.07, 6.45) is 2.06. The molecule has 0 saturated heterocycles. The lowest BCUT2D eigenvalue weighted by molar-refractivity contribution is 0.0948. The van der Waals surface area contributed by atoms with Gasteiger partial charge in [0.2, 0.25) is 0 Å². The SMILES string of the molecule is O=C(NC1CC1)c1ccc(Cl)cc1O. The van der Waals surface area contributed by atoms with Gasteiger partial charge in [0.15, 0.2) is 0 Å². The fraction of sp³-hybridized carbons (Fsp3) is 0.300. The van der Waals surface area contributed by atoms with Crippen molar-refractivity contribution < 1.29 is 9.90 Å². The molecule has 2 rings (SSSR count).